The second kappa shape index (κ2) is 6.22. The van der Waals surface area contributed by atoms with Gasteiger partial charge in [0.15, 0.2) is 5.69 Å². The maximum absolute atomic E-state index is 12.5. The second-order valence-electron chi connectivity index (χ2n) is 5.62. The molecule has 1 fully saturated rings. The van der Waals surface area contributed by atoms with E-state index in [9.17, 15) is 4.79 Å². The van der Waals surface area contributed by atoms with E-state index in [1.165, 1.54) is 6.42 Å². The number of nitrogens with zero attached hydrogens (tertiary/aromatic N) is 3. The van der Waals surface area contributed by atoms with E-state index in [0.717, 1.165) is 42.9 Å². The lowest BCUT2D eigenvalue weighted by Gasteiger charge is -2.25. The van der Waals surface area contributed by atoms with Gasteiger partial charge < -0.3 is 9.64 Å². The van der Waals surface area contributed by atoms with Gasteiger partial charge in [-0.3, -0.25) is 9.48 Å². The van der Waals surface area contributed by atoms with Crippen LogP contribution in [-0.4, -0.2) is 40.8 Å². The summed E-state index contributed by atoms with van der Waals surface area (Å²) in [6.45, 7) is 1.67. The van der Waals surface area contributed by atoms with Crippen LogP contribution in [0, 0.1) is 0 Å². The van der Waals surface area contributed by atoms with Gasteiger partial charge in [0.05, 0.1) is 12.8 Å². The van der Waals surface area contributed by atoms with Crippen LogP contribution in [0.1, 0.15) is 29.8 Å². The fourth-order valence-electron chi connectivity index (χ4n) is 2.88. The number of aromatic nitrogens is 2. The summed E-state index contributed by atoms with van der Waals surface area (Å²) in [5.74, 6) is 0.826. The predicted octanol–water partition coefficient (Wildman–Crippen LogP) is 2.72. The van der Waals surface area contributed by atoms with Crippen LogP contribution >= 0.6 is 0 Å². The number of carbonyl (C=O) groups is 1. The minimum Gasteiger partial charge on any atom is -0.497 e. The molecule has 1 aromatic heterocycles. The van der Waals surface area contributed by atoms with Crippen molar-refractivity contribution in [2.24, 2.45) is 7.05 Å². The molecular formula is C17H21N3O2. The zero-order chi connectivity index (χ0) is 15.5. The molecule has 0 saturated carbocycles. The van der Waals surface area contributed by atoms with Crippen molar-refractivity contribution in [2.75, 3.05) is 20.2 Å². The van der Waals surface area contributed by atoms with Crippen molar-refractivity contribution < 1.29 is 9.53 Å². The highest BCUT2D eigenvalue weighted by Gasteiger charge is 2.21. The molecule has 1 aliphatic rings. The molecule has 0 bridgehead atoms. The molecule has 5 heteroatoms. The van der Waals surface area contributed by atoms with Gasteiger partial charge in [-0.15, -0.1) is 0 Å². The van der Waals surface area contributed by atoms with Crippen molar-refractivity contribution >= 4 is 5.91 Å². The number of methoxy groups -OCH3 is 1. The van der Waals surface area contributed by atoms with Gasteiger partial charge in [-0.2, -0.15) is 5.10 Å². The number of likely N-dealkylation sites (tertiary alicyclic amines) is 1. The van der Waals surface area contributed by atoms with Crippen LogP contribution in [-0.2, 0) is 7.05 Å². The van der Waals surface area contributed by atoms with Crippen LogP contribution in [0.2, 0.25) is 0 Å². The molecule has 5 nitrogen and oxygen atoms in total. The first-order valence-corrected chi connectivity index (χ1v) is 7.67. The summed E-state index contributed by atoms with van der Waals surface area (Å²) in [4.78, 5) is 14.4. The number of benzene rings is 1. The van der Waals surface area contributed by atoms with Crippen molar-refractivity contribution in [3.8, 4) is 17.0 Å². The Bertz CT molecular complexity index is 672. The van der Waals surface area contributed by atoms with Gasteiger partial charge in [0, 0.05) is 25.7 Å². The van der Waals surface area contributed by atoms with Gasteiger partial charge in [-0.1, -0.05) is 12.1 Å². The first-order valence-electron chi connectivity index (χ1n) is 7.67. The highest BCUT2D eigenvalue weighted by molar-refractivity contribution is 5.93. The van der Waals surface area contributed by atoms with Gasteiger partial charge in [-0.05, 0) is 37.5 Å². The molecule has 0 atom stereocenters. The first-order chi connectivity index (χ1) is 10.7. The van der Waals surface area contributed by atoms with Crippen LogP contribution in [0.25, 0.3) is 11.3 Å². The Kier molecular flexibility index (Phi) is 4.13. The molecule has 2 aromatic rings. The van der Waals surface area contributed by atoms with Crippen LogP contribution in [0.3, 0.4) is 0 Å². The zero-order valence-corrected chi connectivity index (χ0v) is 13.1. The van der Waals surface area contributed by atoms with Crippen LogP contribution in [0.4, 0.5) is 0 Å². The maximum Gasteiger partial charge on any atom is 0.274 e. The lowest BCUT2D eigenvalue weighted by Crippen LogP contribution is -2.35. The van der Waals surface area contributed by atoms with E-state index in [2.05, 4.69) is 5.10 Å². The maximum atomic E-state index is 12.5. The van der Waals surface area contributed by atoms with Gasteiger partial charge in [0.2, 0.25) is 0 Å². The highest BCUT2D eigenvalue weighted by Crippen LogP contribution is 2.25. The SMILES string of the molecule is COc1cccc(-c2cc(C(=O)N3CCCCC3)nn2C)c1. The average molecular weight is 299 g/mol. The number of piperidine rings is 1. The molecule has 0 unspecified atom stereocenters. The number of rotatable bonds is 3. The largest absolute Gasteiger partial charge is 0.497 e. The fraction of sp³-hybridized carbons (Fsp3) is 0.412. The third-order valence-electron chi connectivity index (χ3n) is 4.11. The van der Waals surface area contributed by atoms with Gasteiger partial charge in [0.1, 0.15) is 5.75 Å². The summed E-state index contributed by atoms with van der Waals surface area (Å²) in [5, 5.41) is 4.40. The Labute approximate surface area is 130 Å². The molecule has 0 aliphatic carbocycles. The smallest absolute Gasteiger partial charge is 0.274 e. The Hall–Kier alpha value is -2.30. The molecule has 1 saturated heterocycles. The Morgan fingerprint density at radius 3 is 2.68 bits per heavy atom. The van der Waals surface area contributed by atoms with E-state index in [4.69, 9.17) is 4.74 Å². The second-order valence-corrected chi connectivity index (χ2v) is 5.62. The van der Waals surface area contributed by atoms with Crippen molar-refractivity contribution in [3.05, 3.63) is 36.0 Å². The summed E-state index contributed by atoms with van der Waals surface area (Å²) in [6, 6.07) is 9.65. The average Bonchev–Trinajstić information content (AvgIpc) is 2.97. The van der Waals surface area contributed by atoms with E-state index in [1.807, 2.05) is 42.3 Å². The lowest BCUT2D eigenvalue weighted by atomic mass is 10.1. The summed E-state index contributed by atoms with van der Waals surface area (Å²) >= 11 is 0. The van der Waals surface area contributed by atoms with Crippen molar-refractivity contribution in [2.45, 2.75) is 19.3 Å². The Balaban J connectivity index is 1.88. The van der Waals surface area contributed by atoms with Crippen molar-refractivity contribution in [1.82, 2.24) is 14.7 Å². The monoisotopic (exact) mass is 299 g/mol. The first kappa shape index (κ1) is 14.6. The molecule has 1 amide bonds. The Morgan fingerprint density at radius 1 is 1.18 bits per heavy atom. The number of hydrogen-bond acceptors (Lipinski definition) is 3. The molecule has 116 valence electrons. The molecule has 2 heterocycles. The van der Waals surface area contributed by atoms with E-state index < -0.39 is 0 Å². The number of aryl methyl sites for hydroxylation is 1. The number of hydrogen-bond donors (Lipinski definition) is 0. The molecule has 1 aromatic carbocycles. The highest BCUT2D eigenvalue weighted by atomic mass is 16.5. The summed E-state index contributed by atoms with van der Waals surface area (Å²) in [6.07, 6.45) is 3.38. The van der Waals surface area contributed by atoms with Crippen LogP contribution < -0.4 is 4.74 Å². The molecule has 3 rings (SSSR count). The van der Waals surface area contributed by atoms with E-state index >= 15 is 0 Å². The molecule has 0 spiro atoms. The normalized spacial score (nSPS) is 14.9. The number of amides is 1. The topological polar surface area (TPSA) is 47.4 Å². The van der Waals surface area contributed by atoms with E-state index in [0.29, 0.717) is 5.69 Å². The quantitative estimate of drug-likeness (QED) is 0.875. The molecule has 1 aliphatic heterocycles. The van der Waals surface area contributed by atoms with Gasteiger partial charge in [-0.25, -0.2) is 0 Å². The lowest BCUT2D eigenvalue weighted by molar-refractivity contribution is 0.0717. The third kappa shape index (κ3) is 2.84. The van der Waals surface area contributed by atoms with Crippen LogP contribution in [0.15, 0.2) is 30.3 Å². The predicted molar refractivity (Wildman–Crippen MR) is 85.0 cm³/mol. The minimum absolute atomic E-state index is 0.0319. The molecule has 0 radical (unpaired) electrons. The van der Waals surface area contributed by atoms with Crippen LogP contribution in [0.5, 0.6) is 5.75 Å². The zero-order valence-electron chi connectivity index (χ0n) is 13.1. The van der Waals surface area contributed by atoms with Crippen molar-refractivity contribution in [3.63, 3.8) is 0 Å². The summed E-state index contributed by atoms with van der Waals surface area (Å²) in [7, 11) is 3.51. The van der Waals surface area contributed by atoms with Gasteiger partial charge >= 0.3 is 0 Å². The number of carbonyl (C=O) groups excluding carboxylic acids is 1. The molecule has 22 heavy (non-hydrogen) atoms. The standard InChI is InChI=1S/C17H21N3O2/c1-19-16(13-7-6-8-14(11-13)22-2)12-15(18-19)17(21)20-9-4-3-5-10-20/h6-8,11-12H,3-5,9-10H2,1-2H3. The summed E-state index contributed by atoms with van der Waals surface area (Å²) in [5.41, 5.74) is 2.42. The third-order valence-corrected chi connectivity index (χ3v) is 4.11. The molecule has 0 N–H and O–H groups in total. The van der Waals surface area contributed by atoms with E-state index in [-0.39, 0.29) is 5.91 Å². The molecular weight excluding hydrogens is 278 g/mol. The number of ether oxygens (including phenoxy) is 1. The van der Waals surface area contributed by atoms with Gasteiger partial charge in [0.25, 0.3) is 5.91 Å². The fourth-order valence-corrected chi connectivity index (χ4v) is 2.88. The summed E-state index contributed by atoms with van der Waals surface area (Å²) < 4.78 is 7.02. The Morgan fingerprint density at radius 2 is 1.95 bits per heavy atom. The minimum atomic E-state index is 0.0319. The van der Waals surface area contributed by atoms with Crippen molar-refractivity contribution in [1.29, 1.82) is 0 Å². The van der Waals surface area contributed by atoms with E-state index in [1.54, 1.807) is 11.8 Å².